The normalized spacial score (nSPS) is 15.6. The van der Waals surface area contributed by atoms with Gasteiger partial charge in [0.1, 0.15) is 17.5 Å². The highest BCUT2D eigenvalue weighted by Crippen LogP contribution is 2.36. The first-order valence-corrected chi connectivity index (χ1v) is 6.29. The summed E-state index contributed by atoms with van der Waals surface area (Å²) in [6.07, 6.45) is 5.69. The Balaban J connectivity index is 2.22. The summed E-state index contributed by atoms with van der Waals surface area (Å²) in [6, 6.07) is 0. The third-order valence-electron chi connectivity index (χ3n) is 3.15. The number of hydrogen-bond donors (Lipinski definition) is 0. The van der Waals surface area contributed by atoms with Gasteiger partial charge in [0.25, 0.3) is 0 Å². The molecule has 5 nitrogen and oxygen atoms in total. The minimum absolute atomic E-state index is 0.243. The van der Waals surface area contributed by atoms with E-state index >= 15 is 0 Å². The van der Waals surface area contributed by atoms with Crippen LogP contribution in [0.5, 0.6) is 0 Å². The Morgan fingerprint density at radius 1 is 1.29 bits per heavy atom. The lowest BCUT2D eigenvalue weighted by molar-refractivity contribution is 0.0977. The third-order valence-corrected chi connectivity index (χ3v) is 4.33. The first-order chi connectivity index (χ1) is 8.34. The lowest BCUT2D eigenvalue weighted by atomic mass is 9.96. The fraction of sp³-hybridized carbons (Fsp3) is 0.273. The summed E-state index contributed by atoms with van der Waals surface area (Å²) in [6.45, 7) is 0. The van der Waals surface area contributed by atoms with Gasteiger partial charge in [-0.2, -0.15) is 5.10 Å². The summed E-state index contributed by atoms with van der Waals surface area (Å²) in [7, 11) is 0. The van der Waals surface area contributed by atoms with Crippen molar-refractivity contribution in [2.75, 3.05) is 0 Å². The highest BCUT2D eigenvalue weighted by atomic mass is 32.1. The molecule has 3 aromatic heterocycles. The van der Waals surface area contributed by atoms with Crippen molar-refractivity contribution in [3.05, 3.63) is 23.1 Å². The van der Waals surface area contributed by atoms with Gasteiger partial charge in [-0.25, -0.2) is 14.5 Å². The van der Waals surface area contributed by atoms with Gasteiger partial charge < -0.3 is 0 Å². The largest absolute Gasteiger partial charge is 0.293 e. The molecule has 0 aliphatic heterocycles. The zero-order valence-corrected chi connectivity index (χ0v) is 9.70. The van der Waals surface area contributed by atoms with Crippen LogP contribution in [-0.2, 0) is 6.42 Å². The number of fused-ring (bicyclic) bond motifs is 5. The van der Waals surface area contributed by atoms with Crippen LogP contribution in [0.4, 0.5) is 0 Å². The first kappa shape index (κ1) is 9.23. The van der Waals surface area contributed by atoms with Crippen LogP contribution in [0, 0.1) is 0 Å². The quantitative estimate of drug-likeness (QED) is 0.605. The number of aromatic nitrogens is 4. The molecule has 0 fully saturated rings. The fourth-order valence-corrected chi connectivity index (χ4v) is 3.55. The van der Waals surface area contributed by atoms with Gasteiger partial charge in [-0.05, 0) is 18.4 Å². The molecule has 0 amide bonds. The Morgan fingerprint density at radius 3 is 3.18 bits per heavy atom. The van der Waals surface area contributed by atoms with Crippen molar-refractivity contribution >= 4 is 33.0 Å². The highest BCUT2D eigenvalue weighted by molar-refractivity contribution is 7.20. The number of Topliss-reactive ketones (excluding diaryl/α,β-unsaturated/α-hetero) is 1. The molecule has 84 valence electrons. The van der Waals surface area contributed by atoms with E-state index in [1.54, 1.807) is 10.8 Å². The Morgan fingerprint density at radius 2 is 2.24 bits per heavy atom. The molecule has 3 heterocycles. The van der Waals surface area contributed by atoms with E-state index in [1.165, 1.54) is 17.7 Å². The van der Waals surface area contributed by atoms with Gasteiger partial charge in [-0.15, -0.1) is 11.3 Å². The van der Waals surface area contributed by atoms with Crippen LogP contribution in [0.15, 0.2) is 12.7 Å². The Bertz CT molecular complexity index is 757. The lowest BCUT2D eigenvalue weighted by Gasteiger charge is -2.09. The predicted octanol–water partition coefficient (Wildman–Crippen LogP) is 1.86. The molecule has 0 atom stereocenters. The van der Waals surface area contributed by atoms with Crippen LogP contribution in [0.3, 0.4) is 0 Å². The van der Waals surface area contributed by atoms with Gasteiger partial charge in [0.05, 0.1) is 10.3 Å². The SMILES string of the molecule is O=C1CCCc2c1sc1ncn3ncnc3c21. The van der Waals surface area contributed by atoms with E-state index in [1.807, 2.05) is 0 Å². The maximum Gasteiger partial charge on any atom is 0.173 e. The number of thiophene rings is 1. The summed E-state index contributed by atoms with van der Waals surface area (Å²) in [5, 5.41) is 5.09. The Labute approximate surface area is 100 Å². The summed E-state index contributed by atoms with van der Waals surface area (Å²) < 4.78 is 1.66. The van der Waals surface area contributed by atoms with E-state index in [9.17, 15) is 4.79 Å². The van der Waals surface area contributed by atoms with Gasteiger partial charge >= 0.3 is 0 Å². The molecule has 0 N–H and O–H groups in total. The van der Waals surface area contributed by atoms with Crippen LogP contribution in [-0.4, -0.2) is 25.4 Å². The van der Waals surface area contributed by atoms with Crippen molar-refractivity contribution in [1.82, 2.24) is 19.6 Å². The Hall–Kier alpha value is -1.82. The molecule has 0 radical (unpaired) electrons. The number of rotatable bonds is 0. The lowest BCUT2D eigenvalue weighted by Crippen LogP contribution is -2.07. The van der Waals surface area contributed by atoms with Crippen molar-refractivity contribution in [1.29, 1.82) is 0 Å². The molecule has 0 bridgehead atoms. The van der Waals surface area contributed by atoms with E-state index in [4.69, 9.17) is 0 Å². The van der Waals surface area contributed by atoms with Crippen LogP contribution in [0.25, 0.3) is 15.9 Å². The number of ketones is 1. The van der Waals surface area contributed by atoms with Crippen LogP contribution >= 0.6 is 11.3 Å². The number of hydrogen-bond acceptors (Lipinski definition) is 5. The van der Waals surface area contributed by atoms with Crippen molar-refractivity contribution < 1.29 is 4.79 Å². The first-order valence-electron chi connectivity index (χ1n) is 5.47. The molecular formula is C11H8N4OS. The summed E-state index contributed by atoms with van der Waals surface area (Å²) in [5.41, 5.74) is 1.93. The summed E-state index contributed by atoms with van der Waals surface area (Å²) >= 11 is 1.48. The minimum atomic E-state index is 0.243. The van der Waals surface area contributed by atoms with E-state index in [0.29, 0.717) is 6.42 Å². The van der Waals surface area contributed by atoms with Crippen molar-refractivity contribution in [2.45, 2.75) is 19.3 Å². The molecule has 0 aromatic carbocycles. The Kier molecular flexibility index (Phi) is 1.69. The van der Waals surface area contributed by atoms with E-state index in [2.05, 4.69) is 15.1 Å². The van der Waals surface area contributed by atoms with Crippen molar-refractivity contribution in [3.8, 4) is 0 Å². The molecule has 17 heavy (non-hydrogen) atoms. The number of aryl methyl sites for hydroxylation is 1. The van der Waals surface area contributed by atoms with Crippen LogP contribution < -0.4 is 0 Å². The van der Waals surface area contributed by atoms with Gasteiger partial charge in [-0.1, -0.05) is 0 Å². The fourth-order valence-electron chi connectivity index (χ4n) is 2.40. The van der Waals surface area contributed by atoms with Gasteiger partial charge in [-0.3, -0.25) is 4.79 Å². The van der Waals surface area contributed by atoms with Gasteiger partial charge in [0.2, 0.25) is 0 Å². The van der Waals surface area contributed by atoms with Gasteiger partial charge in [0, 0.05) is 6.42 Å². The second-order valence-electron chi connectivity index (χ2n) is 4.14. The minimum Gasteiger partial charge on any atom is -0.293 e. The molecule has 0 unspecified atom stereocenters. The molecule has 4 rings (SSSR count). The van der Waals surface area contributed by atoms with Gasteiger partial charge in [0.15, 0.2) is 11.4 Å². The topological polar surface area (TPSA) is 60.2 Å². The monoisotopic (exact) mass is 244 g/mol. The highest BCUT2D eigenvalue weighted by Gasteiger charge is 2.24. The number of nitrogens with zero attached hydrogens (tertiary/aromatic N) is 4. The summed E-state index contributed by atoms with van der Waals surface area (Å²) in [5.74, 6) is 0.243. The third kappa shape index (κ3) is 1.13. The smallest absolute Gasteiger partial charge is 0.173 e. The van der Waals surface area contributed by atoms with E-state index < -0.39 is 0 Å². The molecule has 1 aliphatic carbocycles. The standard InChI is InChI=1S/C11H8N4OS/c16-7-3-1-2-6-8-10-12-4-14-15(10)5-13-11(8)17-9(6)7/h4-5H,1-3H2. The molecule has 1 aliphatic rings. The maximum atomic E-state index is 11.9. The second kappa shape index (κ2) is 3.10. The average Bonchev–Trinajstić information content (AvgIpc) is 2.91. The summed E-state index contributed by atoms with van der Waals surface area (Å²) in [4.78, 5) is 22.2. The molecule has 0 spiro atoms. The molecule has 0 saturated carbocycles. The molecule has 3 aromatic rings. The number of carbonyl (C=O) groups excluding carboxylic acids is 1. The van der Waals surface area contributed by atoms with Crippen molar-refractivity contribution in [3.63, 3.8) is 0 Å². The predicted molar refractivity (Wildman–Crippen MR) is 63.4 cm³/mol. The second-order valence-corrected chi connectivity index (χ2v) is 5.14. The molecule has 0 saturated heterocycles. The van der Waals surface area contributed by atoms with Crippen LogP contribution in [0.2, 0.25) is 0 Å². The number of carbonyl (C=O) groups is 1. The van der Waals surface area contributed by atoms with E-state index in [-0.39, 0.29) is 5.78 Å². The average molecular weight is 244 g/mol. The zero-order chi connectivity index (χ0) is 11.4. The molecular weight excluding hydrogens is 236 g/mol. The van der Waals surface area contributed by atoms with E-state index in [0.717, 1.165) is 39.1 Å². The maximum absolute atomic E-state index is 11.9. The van der Waals surface area contributed by atoms with Crippen molar-refractivity contribution in [2.24, 2.45) is 0 Å². The van der Waals surface area contributed by atoms with Crippen LogP contribution in [0.1, 0.15) is 28.1 Å². The zero-order valence-electron chi connectivity index (χ0n) is 8.88. The molecule has 6 heteroatoms.